The molecule has 1 atom stereocenters. The van der Waals surface area contributed by atoms with Gasteiger partial charge in [0.25, 0.3) is 5.91 Å². The first-order chi connectivity index (χ1) is 12.1. The molecular weight excluding hydrogens is 338 g/mol. The molecule has 1 unspecified atom stereocenters. The molecule has 1 fully saturated rings. The summed E-state index contributed by atoms with van der Waals surface area (Å²) < 4.78 is 10.9. The van der Waals surface area contributed by atoms with Gasteiger partial charge < -0.3 is 19.7 Å². The Labute approximate surface area is 151 Å². The molecule has 0 aliphatic carbocycles. The predicted molar refractivity (Wildman–Crippen MR) is 98.8 cm³/mol. The number of anilines is 1. The zero-order valence-corrected chi connectivity index (χ0v) is 15.6. The number of carbonyl (C=O) groups is 1. The Morgan fingerprint density at radius 2 is 2.16 bits per heavy atom. The number of carbonyl (C=O) groups excluding carboxylic acids is 1. The molecule has 25 heavy (non-hydrogen) atoms. The van der Waals surface area contributed by atoms with E-state index in [-0.39, 0.29) is 11.9 Å². The monoisotopic (exact) mass is 361 g/mol. The van der Waals surface area contributed by atoms with E-state index in [0.717, 1.165) is 35.2 Å². The van der Waals surface area contributed by atoms with Crippen molar-refractivity contribution in [2.45, 2.75) is 19.9 Å². The Morgan fingerprint density at radius 1 is 1.40 bits per heavy atom. The van der Waals surface area contributed by atoms with Crippen LogP contribution in [0.5, 0.6) is 5.75 Å². The molecule has 1 amide bonds. The van der Waals surface area contributed by atoms with Crippen LogP contribution in [0, 0.1) is 6.92 Å². The SMILES string of the molecule is COc1ccc(C(=O)NC(C)c2nc(C)cs2)cc1N1CCOCC1. The third-order valence-electron chi connectivity index (χ3n) is 4.15. The van der Waals surface area contributed by atoms with E-state index in [0.29, 0.717) is 18.8 Å². The highest BCUT2D eigenvalue weighted by Gasteiger charge is 2.19. The van der Waals surface area contributed by atoms with E-state index in [4.69, 9.17) is 9.47 Å². The smallest absolute Gasteiger partial charge is 0.251 e. The number of hydrogen-bond acceptors (Lipinski definition) is 6. The second-order valence-electron chi connectivity index (χ2n) is 6.01. The van der Waals surface area contributed by atoms with Gasteiger partial charge in [-0.05, 0) is 32.0 Å². The van der Waals surface area contributed by atoms with Crippen molar-refractivity contribution in [3.8, 4) is 5.75 Å². The van der Waals surface area contributed by atoms with Crippen LogP contribution in [0.15, 0.2) is 23.6 Å². The Balaban J connectivity index is 1.77. The van der Waals surface area contributed by atoms with E-state index in [1.54, 1.807) is 24.5 Å². The van der Waals surface area contributed by atoms with Crippen LogP contribution in [0.3, 0.4) is 0 Å². The molecule has 7 heteroatoms. The average molecular weight is 361 g/mol. The molecule has 0 saturated carbocycles. The Morgan fingerprint density at radius 3 is 2.80 bits per heavy atom. The first kappa shape index (κ1) is 17.7. The number of thiazole rings is 1. The van der Waals surface area contributed by atoms with Gasteiger partial charge in [0.1, 0.15) is 10.8 Å². The van der Waals surface area contributed by atoms with Crippen LogP contribution in [0.25, 0.3) is 0 Å². The molecule has 2 aromatic rings. The lowest BCUT2D eigenvalue weighted by Crippen LogP contribution is -2.36. The molecule has 0 radical (unpaired) electrons. The van der Waals surface area contributed by atoms with Gasteiger partial charge >= 0.3 is 0 Å². The average Bonchev–Trinajstić information content (AvgIpc) is 3.08. The van der Waals surface area contributed by atoms with Crippen molar-refractivity contribution in [2.75, 3.05) is 38.3 Å². The highest BCUT2D eigenvalue weighted by molar-refractivity contribution is 7.09. The number of ether oxygens (including phenoxy) is 2. The van der Waals surface area contributed by atoms with E-state index >= 15 is 0 Å². The van der Waals surface area contributed by atoms with Gasteiger partial charge in [0.05, 0.1) is 32.1 Å². The van der Waals surface area contributed by atoms with Gasteiger partial charge in [-0.1, -0.05) is 0 Å². The zero-order valence-electron chi connectivity index (χ0n) is 14.7. The Kier molecular flexibility index (Phi) is 5.55. The van der Waals surface area contributed by atoms with Gasteiger partial charge in [0, 0.05) is 29.7 Å². The normalized spacial score (nSPS) is 15.7. The van der Waals surface area contributed by atoms with E-state index < -0.39 is 0 Å². The molecule has 0 bridgehead atoms. The molecule has 3 rings (SSSR count). The summed E-state index contributed by atoms with van der Waals surface area (Å²) in [5.74, 6) is 0.652. The summed E-state index contributed by atoms with van der Waals surface area (Å²) in [5, 5.41) is 5.92. The first-order valence-electron chi connectivity index (χ1n) is 8.32. The second kappa shape index (κ2) is 7.84. The minimum Gasteiger partial charge on any atom is -0.495 e. The van der Waals surface area contributed by atoms with E-state index in [9.17, 15) is 4.79 Å². The maximum atomic E-state index is 12.7. The summed E-state index contributed by atoms with van der Waals surface area (Å²) in [6, 6.07) is 5.40. The number of morpholine rings is 1. The molecule has 1 saturated heterocycles. The number of nitrogens with one attached hydrogen (secondary N) is 1. The van der Waals surface area contributed by atoms with Crippen LogP contribution in [0.4, 0.5) is 5.69 Å². The Hall–Kier alpha value is -2.12. The van der Waals surface area contributed by atoms with Crippen molar-refractivity contribution in [1.29, 1.82) is 0 Å². The largest absolute Gasteiger partial charge is 0.495 e. The number of rotatable bonds is 5. The maximum Gasteiger partial charge on any atom is 0.251 e. The molecule has 134 valence electrons. The maximum absolute atomic E-state index is 12.7. The van der Waals surface area contributed by atoms with Gasteiger partial charge in [-0.25, -0.2) is 4.98 Å². The van der Waals surface area contributed by atoms with Crippen molar-refractivity contribution in [1.82, 2.24) is 10.3 Å². The van der Waals surface area contributed by atoms with Gasteiger partial charge in [-0.3, -0.25) is 4.79 Å². The van der Waals surface area contributed by atoms with Crippen molar-refractivity contribution < 1.29 is 14.3 Å². The number of hydrogen-bond donors (Lipinski definition) is 1. The van der Waals surface area contributed by atoms with Crippen LogP contribution in [-0.4, -0.2) is 44.3 Å². The Bertz CT molecular complexity index is 741. The van der Waals surface area contributed by atoms with Gasteiger partial charge in [0.2, 0.25) is 0 Å². The minimum atomic E-state index is -0.125. The number of methoxy groups -OCH3 is 1. The fraction of sp³-hybridized carbons (Fsp3) is 0.444. The highest BCUT2D eigenvalue weighted by atomic mass is 32.1. The molecule has 1 aromatic carbocycles. The molecular formula is C18H23N3O3S. The van der Waals surface area contributed by atoms with Crippen LogP contribution < -0.4 is 15.0 Å². The lowest BCUT2D eigenvalue weighted by molar-refractivity contribution is 0.0939. The van der Waals surface area contributed by atoms with E-state index in [2.05, 4.69) is 15.2 Å². The lowest BCUT2D eigenvalue weighted by Gasteiger charge is -2.30. The second-order valence-corrected chi connectivity index (χ2v) is 6.90. The summed E-state index contributed by atoms with van der Waals surface area (Å²) in [7, 11) is 1.64. The third-order valence-corrected chi connectivity index (χ3v) is 5.29. The van der Waals surface area contributed by atoms with Crippen molar-refractivity contribution in [3.05, 3.63) is 39.8 Å². The molecule has 6 nitrogen and oxygen atoms in total. The van der Waals surface area contributed by atoms with Crippen molar-refractivity contribution >= 4 is 22.9 Å². The third kappa shape index (κ3) is 4.11. The lowest BCUT2D eigenvalue weighted by atomic mass is 10.1. The number of nitrogens with zero attached hydrogens (tertiary/aromatic N) is 2. The molecule has 2 heterocycles. The van der Waals surface area contributed by atoms with Crippen molar-refractivity contribution in [2.24, 2.45) is 0 Å². The fourth-order valence-corrected chi connectivity index (χ4v) is 3.60. The zero-order chi connectivity index (χ0) is 17.8. The summed E-state index contributed by atoms with van der Waals surface area (Å²) in [4.78, 5) is 19.3. The topological polar surface area (TPSA) is 63.7 Å². The number of benzene rings is 1. The molecule has 1 aromatic heterocycles. The summed E-state index contributed by atoms with van der Waals surface area (Å²) in [5.41, 5.74) is 2.51. The highest BCUT2D eigenvalue weighted by Crippen LogP contribution is 2.30. The van der Waals surface area contributed by atoms with E-state index in [1.165, 1.54) is 0 Å². The van der Waals surface area contributed by atoms with Crippen LogP contribution in [0.2, 0.25) is 0 Å². The molecule has 0 spiro atoms. The first-order valence-corrected chi connectivity index (χ1v) is 9.20. The minimum absolute atomic E-state index is 0.113. The number of amides is 1. The molecule has 1 aliphatic heterocycles. The van der Waals surface area contributed by atoms with Gasteiger partial charge in [0.15, 0.2) is 0 Å². The van der Waals surface area contributed by atoms with E-state index in [1.807, 2.05) is 31.4 Å². The van der Waals surface area contributed by atoms with Crippen molar-refractivity contribution in [3.63, 3.8) is 0 Å². The van der Waals surface area contributed by atoms with Gasteiger partial charge in [-0.15, -0.1) is 11.3 Å². The molecule has 1 N–H and O–H groups in total. The number of aromatic nitrogens is 1. The quantitative estimate of drug-likeness (QED) is 0.887. The predicted octanol–water partition coefficient (Wildman–Crippen LogP) is 2.79. The summed E-state index contributed by atoms with van der Waals surface area (Å²) >= 11 is 1.56. The number of aryl methyl sites for hydroxylation is 1. The van der Waals surface area contributed by atoms with Crippen LogP contribution in [0.1, 0.15) is 34.0 Å². The fourth-order valence-electron chi connectivity index (χ4n) is 2.80. The van der Waals surface area contributed by atoms with Crippen LogP contribution >= 0.6 is 11.3 Å². The van der Waals surface area contributed by atoms with Gasteiger partial charge in [-0.2, -0.15) is 0 Å². The summed E-state index contributed by atoms with van der Waals surface area (Å²) in [6.07, 6.45) is 0. The standard InChI is InChI=1S/C18H23N3O3S/c1-12-11-25-18(19-12)13(2)20-17(22)14-4-5-16(23-3)15(10-14)21-6-8-24-9-7-21/h4-5,10-11,13H,6-9H2,1-3H3,(H,20,22). The summed E-state index contributed by atoms with van der Waals surface area (Å²) in [6.45, 7) is 6.84. The molecule has 1 aliphatic rings. The van der Waals surface area contributed by atoms with Crippen LogP contribution in [-0.2, 0) is 4.74 Å².